The number of allylic oxidation sites excluding steroid dienone is 2. The van der Waals surface area contributed by atoms with Crippen LogP contribution in [-0.4, -0.2) is 24.3 Å². The van der Waals surface area contributed by atoms with E-state index < -0.39 is 0 Å². The van der Waals surface area contributed by atoms with Crippen LogP contribution in [0.1, 0.15) is 142 Å². The molecule has 0 atom stereocenters. The zero-order valence-corrected chi connectivity index (χ0v) is 20.2. The van der Waals surface area contributed by atoms with Gasteiger partial charge >= 0.3 is 5.97 Å². The van der Waals surface area contributed by atoms with Crippen LogP contribution in [0.15, 0.2) is 12.2 Å². The van der Waals surface area contributed by atoms with Crippen molar-refractivity contribution in [3.8, 4) is 0 Å². The number of rotatable bonds is 24. The average molecular weight is 425 g/mol. The van der Waals surface area contributed by atoms with Crippen LogP contribution >= 0.6 is 0 Å². The lowest BCUT2D eigenvalue weighted by molar-refractivity contribution is -0.143. The highest BCUT2D eigenvalue weighted by Crippen LogP contribution is 2.12. The van der Waals surface area contributed by atoms with Crippen LogP contribution in [0.3, 0.4) is 0 Å². The standard InChI is InChI=1S/C27H52O3/c1-2-3-4-5-6-7-9-12-15-18-21-24-27(29)30-26-23-20-17-14-11-8-10-13-16-19-22-25-28/h5-6,28H,2-4,7-26H2,1H3. The second-order valence-electron chi connectivity index (χ2n) is 8.75. The van der Waals surface area contributed by atoms with E-state index in [1.807, 2.05) is 0 Å². The minimum Gasteiger partial charge on any atom is -0.466 e. The molecule has 0 aromatic rings. The van der Waals surface area contributed by atoms with Gasteiger partial charge in [0, 0.05) is 13.0 Å². The first kappa shape index (κ1) is 29.2. The van der Waals surface area contributed by atoms with E-state index in [0.717, 1.165) is 25.7 Å². The van der Waals surface area contributed by atoms with Crippen molar-refractivity contribution in [1.82, 2.24) is 0 Å². The van der Waals surface area contributed by atoms with Gasteiger partial charge in [-0.2, -0.15) is 0 Å². The summed E-state index contributed by atoms with van der Waals surface area (Å²) >= 11 is 0. The van der Waals surface area contributed by atoms with Crippen LogP contribution in [-0.2, 0) is 9.53 Å². The van der Waals surface area contributed by atoms with Gasteiger partial charge in [0.1, 0.15) is 0 Å². The lowest BCUT2D eigenvalue weighted by Gasteiger charge is -2.05. The van der Waals surface area contributed by atoms with Crippen molar-refractivity contribution in [1.29, 1.82) is 0 Å². The first-order chi connectivity index (χ1) is 14.8. The molecular formula is C27H52O3. The molecule has 178 valence electrons. The quantitative estimate of drug-likeness (QED) is 0.0962. The molecule has 0 fully saturated rings. The fraction of sp³-hybridized carbons (Fsp3) is 0.889. The van der Waals surface area contributed by atoms with Gasteiger partial charge in [0.2, 0.25) is 0 Å². The molecule has 0 saturated heterocycles. The maximum absolute atomic E-state index is 11.8. The van der Waals surface area contributed by atoms with Gasteiger partial charge in [-0.3, -0.25) is 4.79 Å². The zero-order chi connectivity index (χ0) is 22.0. The Morgan fingerprint density at radius 3 is 1.67 bits per heavy atom. The summed E-state index contributed by atoms with van der Waals surface area (Å²) < 4.78 is 5.36. The van der Waals surface area contributed by atoms with Crippen molar-refractivity contribution >= 4 is 5.97 Å². The molecule has 0 spiro atoms. The van der Waals surface area contributed by atoms with Crippen LogP contribution in [0.5, 0.6) is 0 Å². The minimum absolute atomic E-state index is 0.00458. The average Bonchev–Trinajstić information content (AvgIpc) is 2.75. The Bertz CT molecular complexity index is 365. The van der Waals surface area contributed by atoms with Gasteiger partial charge in [0.15, 0.2) is 0 Å². The molecule has 0 unspecified atom stereocenters. The molecule has 3 nitrogen and oxygen atoms in total. The fourth-order valence-corrected chi connectivity index (χ4v) is 3.68. The number of carbonyl (C=O) groups is 1. The summed E-state index contributed by atoms with van der Waals surface area (Å²) in [7, 11) is 0. The number of esters is 1. The molecule has 0 radical (unpaired) electrons. The summed E-state index contributed by atoms with van der Waals surface area (Å²) in [6.07, 6.45) is 29.6. The molecule has 0 aromatic heterocycles. The molecule has 0 rings (SSSR count). The van der Waals surface area contributed by atoms with Crippen LogP contribution < -0.4 is 0 Å². The highest BCUT2D eigenvalue weighted by atomic mass is 16.5. The molecule has 3 heteroatoms. The molecular weight excluding hydrogens is 372 g/mol. The number of carbonyl (C=O) groups excluding carboxylic acids is 1. The minimum atomic E-state index is -0.00458. The number of aliphatic hydroxyl groups excluding tert-OH is 1. The summed E-state index contributed by atoms with van der Waals surface area (Å²) in [6.45, 7) is 3.18. The Kier molecular flexibility index (Phi) is 25.5. The summed E-state index contributed by atoms with van der Waals surface area (Å²) in [4.78, 5) is 11.8. The molecule has 0 saturated carbocycles. The molecule has 0 aromatic carbocycles. The second kappa shape index (κ2) is 26.2. The normalized spacial score (nSPS) is 11.4. The molecule has 1 N–H and O–H groups in total. The predicted octanol–water partition coefficient (Wildman–Crippen LogP) is 8.29. The topological polar surface area (TPSA) is 46.5 Å². The number of unbranched alkanes of at least 4 members (excludes halogenated alkanes) is 17. The summed E-state index contributed by atoms with van der Waals surface area (Å²) in [6, 6.07) is 0. The van der Waals surface area contributed by atoms with E-state index in [-0.39, 0.29) is 5.97 Å². The van der Waals surface area contributed by atoms with Gasteiger partial charge in [0.05, 0.1) is 6.61 Å². The summed E-state index contributed by atoms with van der Waals surface area (Å²) in [5.74, 6) is -0.00458. The Morgan fingerprint density at radius 1 is 0.633 bits per heavy atom. The van der Waals surface area contributed by atoms with E-state index >= 15 is 0 Å². The first-order valence-corrected chi connectivity index (χ1v) is 13.2. The highest BCUT2D eigenvalue weighted by molar-refractivity contribution is 5.69. The Labute approximate surface area is 188 Å². The molecule has 0 aliphatic heterocycles. The molecule has 0 aliphatic carbocycles. The molecule has 0 amide bonds. The highest BCUT2D eigenvalue weighted by Gasteiger charge is 2.02. The number of hydrogen-bond donors (Lipinski definition) is 1. The molecule has 0 aliphatic rings. The van der Waals surface area contributed by atoms with Crippen molar-refractivity contribution in [3.63, 3.8) is 0 Å². The van der Waals surface area contributed by atoms with E-state index in [1.165, 1.54) is 103 Å². The van der Waals surface area contributed by atoms with Gasteiger partial charge in [0.25, 0.3) is 0 Å². The predicted molar refractivity (Wildman–Crippen MR) is 130 cm³/mol. The van der Waals surface area contributed by atoms with Gasteiger partial charge in [-0.1, -0.05) is 109 Å². The second-order valence-corrected chi connectivity index (χ2v) is 8.75. The van der Waals surface area contributed by atoms with Gasteiger partial charge in [-0.05, 0) is 38.5 Å². The van der Waals surface area contributed by atoms with Crippen molar-refractivity contribution in [2.75, 3.05) is 13.2 Å². The summed E-state index contributed by atoms with van der Waals surface area (Å²) in [5.41, 5.74) is 0. The van der Waals surface area contributed by atoms with Crippen molar-refractivity contribution in [3.05, 3.63) is 12.2 Å². The Balaban J connectivity index is 3.18. The smallest absolute Gasteiger partial charge is 0.305 e. The number of hydrogen-bond acceptors (Lipinski definition) is 3. The Morgan fingerprint density at radius 2 is 1.10 bits per heavy atom. The van der Waals surface area contributed by atoms with Crippen molar-refractivity contribution in [2.24, 2.45) is 0 Å². The number of aliphatic hydroxyl groups is 1. The maximum Gasteiger partial charge on any atom is 0.305 e. The Hall–Kier alpha value is -0.830. The van der Waals surface area contributed by atoms with Crippen LogP contribution in [0.25, 0.3) is 0 Å². The van der Waals surface area contributed by atoms with E-state index in [4.69, 9.17) is 9.84 Å². The van der Waals surface area contributed by atoms with Gasteiger partial charge in [-0.25, -0.2) is 0 Å². The zero-order valence-electron chi connectivity index (χ0n) is 20.2. The molecule has 0 bridgehead atoms. The summed E-state index contributed by atoms with van der Waals surface area (Å²) in [5, 5.41) is 8.73. The van der Waals surface area contributed by atoms with Crippen LogP contribution in [0.2, 0.25) is 0 Å². The fourth-order valence-electron chi connectivity index (χ4n) is 3.68. The third-order valence-electron chi connectivity index (χ3n) is 5.71. The van der Waals surface area contributed by atoms with Gasteiger partial charge in [-0.15, -0.1) is 0 Å². The largest absolute Gasteiger partial charge is 0.466 e. The van der Waals surface area contributed by atoms with Crippen LogP contribution in [0, 0.1) is 0 Å². The lowest BCUT2D eigenvalue weighted by atomic mass is 10.1. The third kappa shape index (κ3) is 25.2. The van der Waals surface area contributed by atoms with E-state index in [1.54, 1.807) is 0 Å². The first-order valence-electron chi connectivity index (χ1n) is 13.2. The molecule has 0 heterocycles. The third-order valence-corrected chi connectivity index (χ3v) is 5.71. The van der Waals surface area contributed by atoms with E-state index in [2.05, 4.69) is 19.1 Å². The SMILES string of the molecule is CCCCC=CCCCCCCCC(=O)OCCCCCCCCCCCCCO. The van der Waals surface area contributed by atoms with E-state index in [9.17, 15) is 4.79 Å². The maximum atomic E-state index is 11.8. The van der Waals surface area contributed by atoms with E-state index in [0.29, 0.717) is 19.6 Å². The van der Waals surface area contributed by atoms with Gasteiger partial charge < -0.3 is 9.84 Å². The lowest BCUT2D eigenvalue weighted by Crippen LogP contribution is -2.05. The number of ether oxygens (including phenoxy) is 1. The van der Waals surface area contributed by atoms with Crippen LogP contribution in [0.4, 0.5) is 0 Å². The van der Waals surface area contributed by atoms with Crippen molar-refractivity contribution in [2.45, 2.75) is 142 Å². The van der Waals surface area contributed by atoms with Crippen molar-refractivity contribution < 1.29 is 14.6 Å². The molecule has 30 heavy (non-hydrogen) atoms. The monoisotopic (exact) mass is 424 g/mol.